The molecule has 3 rings (SSSR count). The van der Waals surface area contributed by atoms with Crippen molar-refractivity contribution < 1.29 is 9.53 Å². The van der Waals surface area contributed by atoms with Gasteiger partial charge in [0.1, 0.15) is 0 Å². The summed E-state index contributed by atoms with van der Waals surface area (Å²) in [6, 6.07) is 16.8. The van der Waals surface area contributed by atoms with E-state index in [1.165, 1.54) is 0 Å². The highest BCUT2D eigenvalue weighted by Gasteiger charge is 2.19. The minimum absolute atomic E-state index is 0.0805. The number of carbonyl (C=O) groups excluding carboxylic acids is 1. The van der Waals surface area contributed by atoms with E-state index in [0.717, 1.165) is 23.0 Å². The van der Waals surface area contributed by atoms with Crippen LogP contribution in [0.3, 0.4) is 0 Å². The molecular formula is C21H26N2O2Si. The molecule has 0 aliphatic heterocycles. The first-order valence-electron chi connectivity index (χ1n) is 8.98. The third-order valence-corrected chi connectivity index (χ3v) is 6.14. The van der Waals surface area contributed by atoms with Gasteiger partial charge in [-0.2, -0.15) is 0 Å². The maximum absolute atomic E-state index is 12.2. The molecule has 0 fully saturated rings. The molecule has 0 saturated heterocycles. The number of carbonyl (C=O) groups is 1. The minimum atomic E-state index is -1.19. The van der Waals surface area contributed by atoms with Crippen LogP contribution in [0.15, 0.2) is 60.9 Å². The third-order valence-electron chi connectivity index (χ3n) is 4.43. The Kier molecular flexibility index (Phi) is 5.47. The molecule has 1 aromatic carbocycles. The predicted octanol–water partition coefficient (Wildman–Crippen LogP) is 5.02. The van der Waals surface area contributed by atoms with Crippen molar-refractivity contribution in [2.45, 2.75) is 31.6 Å². The van der Waals surface area contributed by atoms with Gasteiger partial charge >= 0.3 is 5.97 Å². The Morgan fingerprint density at radius 2 is 1.54 bits per heavy atom. The fourth-order valence-electron chi connectivity index (χ4n) is 2.92. The number of aromatic nitrogens is 2. The van der Waals surface area contributed by atoms with Gasteiger partial charge in [-0.05, 0) is 48.0 Å². The average molecular weight is 367 g/mol. The zero-order valence-corrected chi connectivity index (χ0v) is 16.6. The summed E-state index contributed by atoms with van der Waals surface area (Å²) in [5.74, 6) is -0.164. The van der Waals surface area contributed by atoms with Gasteiger partial charge in [-0.25, -0.2) is 4.79 Å². The van der Waals surface area contributed by atoms with Gasteiger partial charge < -0.3 is 14.7 Å². The van der Waals surface area contributed by atoms with Crippen LogP contribution in [0.2, 0.25) is 25.7 Å². The molecule has 4 nitrogen and oxygen atoms in total. The highest BCUT2D eigenvalue weighted by Crippen LogP contribution is 2.30. The maximum atomic E-state index is 12.2. The second-order valence-electron chi connectivity index (χ2n) is 7.75. The lowest BCUT2D eigenvalue weighted by Gasteiger charge is -2.16. The summed E-state index contributed by atoms with van der Waals surface area (Å²) in [6.45, 7) is 7.33. The number of nitrogens with one attached hydrogen (secondary N) is 2. The monoisotopic (exact) mass is 366 g/mol. The van der Waals surface area contributed by atoms with Crippen LogP contribution in [-0.4, -0.2) is 30.6 Å². The number of aromatic amines is 2. The van der Waals surface area contributed by atoms with E-state index in [-0.39, 0.29) is 11.9 Å². The highest BCUT2D eigenvalue weighted by molar-refractivity contribution is 6.76. The van der Waals surface area contributed by atoms with E-state index >= 15 is 0 Å². The molecule has 2 heterocycles. The molecule has 2 aromatic heterocycles. The van der Waals surface area contributed by atoms with Crippen molar-refractivity contribution in [1.82, 2.24) is 9.97 Å². The van der Waals surface area contributed by atoms with Crippen molar-refractivity contribution in [1.29, 1.82) is 0 Å². The number of esters is 1. The fraction of sp³-hybridized carbons (Fsp3) is 0.286. The van der Waals surface area contributed by atoms with Gasteiger partial charge in [0.15, 0.2) is 0 Å². The Morgan fingerprint density at radius 1 is 0.962 bits per heavy atom. The molecule has 26 heavy (non-hydrogen) atoms. The summed E-state index contributed by atoms with van der Waals surface area (Å²) < 4.78 is 5.43. The molecule has 0 spiro atoms. The van der Waals surface area contributed by atoms with Crippen molar-refractivity contribution in [2.24, 2.45) is 0 Å². The van der Waals surface area contributed by atoms with E-state index in [0.29, 0.717) is 12.2 Å². The molecule has 3 aromatic rings. The normalized spacial score (nSPS) is 11.7. The van der Waals surface area contributed by atoms with Gasteiger partial charge in [-0.1, -0.05) is 31.8 Å². The second kappa shape index (κ2) is 7.79. The number of hydrogen-bond donors (Lipinski definition) is 2. The van der Waals surface area contributed by atoms with Crippen LogP contribution < -0.4 is 0 Å². The smallest absolute Gasteiger partial charge is 0.338 e. The minimum Gasteiger partial charge on any atom is -0.462 e. The van der Waals surface area contributed by atoms with Crippen LogP contribution in [0.1, 0.15) is 33.2 Å². The van der Waals surface area contributed by atoms with Crippen LogP contribution in [0.4, 0.5) is 0 Å². The highest BCUT2D eigenvalue weighted by atomic mass is 28.3. The molecule has 0 amide bonds. The van der Waals surface area contributed by atoms with Gasteiger partial charge in [0.2, 0.25) is 0 Å². The first kappa shape index (κ1) is 18.3. The van der Waals surface area contributed by atoms with Crippen molar-refractivity contribution in [3.8, 4) is 0 Å². The molecule has 0 aliphatic carbocycles. The molecule has 136 valence electrons. The fourth-order valence-corrected chi connectivity index (χ4v) is 3.63. The van der Waals surface area contributed by atoms with Crippen molar-refractivity contribution in [3.63, 3.8) is 0 Å². The van der Waals surface area contributed by atoms with Crippen LogP contribution in [0, 0.1) is 0 Å². The lowest BCUT2D eigenvalue weighted by Crippen LogP contribution is -2.22. The van der Waals surface area contributed by atoms with Crippen molar-refractivity contribution >= 4 is 14.0 Å². The average Bonchev–Trinajstić information content (AvgIpc) is 3.29. The summed E-state index contributed by atoms with van der Waals surface area (Å²) in [7, 11) is -1.19. The molecule has 0 radical (unpaired) electrons. The number of ether oxygens (including phenoxy) is 1. The lowest BCUT2D eigenvalue weighted by atomic mass is 9.92. The topological polar surface area (TPSA) is 57.9 Å². The first-order chi connectivity index (χ1) is 12.4. The van der Waals surface area contributed by atoms with Gasteiger partial charge in [0.05, 0.1) is 18.1 Å². The number of rotatable bonds is 7. The lowest BCUT2D eigenvalue weighted by molar-refractivity contribution is 0.0525. The van der Waals surface area contributed by atoms with E-state index in [1.54, 1.807) is 0 Å². The van der Waals surface area contributed by atoms with Crippen molar-refractivity contribution in [3.05, 3.63) is 83.4 Å². The van der Waals surface area contributed by atoms with Gasteiger partial charge in [0.25, 0.3) is 0 Å². The second-order valence-corrected chi connectivity index (χ2v) is 13.4. The Labute approximate surface area is 155 Å². The number of H-pyrrole nitrogens is 2. The van der Waals surface area contributed by atoms with Gasteiger partial charge in [-0.3, -0.25) is 0 Å². The first-order valence-corrected chi connectivity index (χ1v) is 12.7. The Morgan fingerprint density at radius 3 is 2.00 bits per heavy atom. The van der Waals surface area contributed by atoms with E-state index in [1.807, 2.05) is 48.8 Å². The van der Waals surface area contributed by atoms with Crippen LogP contribution in [0.25, 0.3) is 0 Å². The zero-order chi connectivity index (χ0) is 18.6. The van der Waals surface area contributed by atoms with Gasteiger partial charge in [0, 0.05) is 31.9 Å². The quantitative estimate of drug-likeness (QED) is 0.456. The van der Waals surface area contributed by atoms with Crippen molar-refractivity contribution in [2.75, 3.05) is 6.61 Å². The van der Waals surface area contributed by atoms with Gasteiger partial charge in [-0.15, -0.1) is 0 Å². The van der Waals surface area contributed by atoms with E-state index in [4.69, 9.17) is 4.74 Å². The molecule has 0 aliphatic rings. The maximum Gasteiger partial charge on any atom is 0.338 e. The summed E-state index contributed by atoms with van der Waals surface area (Å²) in [4.78, 5) is 18.8. The molecular weight excluding hydrogens is 340 g/mol. The summed E-state index contributed by atoms with van der Waals surface area (Å²) in [6.07, 6.45) is 3.85. The molecule has 0 atom stereocenters. The Hall–Kier alpha value is -2.53. The SMILES string of the molecule is C[Si](C)(C)CCOC(=O)c1ccc(C(c2ccc[nH]2)c2ccc[nH]2)cc1. The van der Waals surface area contributed by atoms with Crippen LogP contribution >= 0.6 is 0 Å². The zero-order valence-electron chi connectivity index (χ0n) is 15.6. The Balaban J connectivity index is 1.74. The third kappa shape index (κ3) is 4.55. The largest absolute Gasteiger partial charge is 0.462 e. The molecule has 0 unspecified atom stereocenters. The molecule has 0 bridgehead atoms. The molecule has 0 saturated carbocycles. The van der Waals surface area contributed by atoms with Crippen LogP contribution in [-0.2, 0) is 4.74 Å². The van der Waals surface area contributed by atoms with E-state index in [2.05, 4.69) is 41.7 Å². The molecule has 2 N–H and O–H groups in total. The Bertz CT molecular complexity index is 782. The number of benzene rings is 1. The summed E-state index contributed by atoms with van der Waals surface area (Å²) in [5.41, 5.74) is 3.94. The molecule has 5 heteroatoms. The number of hydrogen-bond acceptors (Lipinski definition) is 2. The van der Waals surface area contributed by atoms with E-state index in [9.17, 15) is 4.79 Å². The summed E-state index contributed by atoms with van der Waals surface area (Å²) >= 11 is 0. The van der Waals surface area contributed by atoms with E-state index < -0.39 is 8.07 Å². The summed E-state index contributed by atoms with van der Waals surface area (Å²) in [5, 5.41) is 0. The standard InChI is InChI=1S/C21H26N2O2Si/c1-26(2,3)15-14-25-21(24)17-10-8-16(9-11-17)20(18-6-4-12-22-18)19-7-5-13-23-19/h4-13,20,22-23H,14-15H2,1-3H3. The predicted molar refractivity (Wildman–Crippen MR) is 107 cm³/mol. The van der Waals surface area contributed by atoms with Crippen LogP contribution in [0.5, 0.6) is 0 Å².